The number of anilines is 1. The molecule has 4 nitrogen and oxygen atoms in total. The van der Waals surface area contributed by atoms with Gasteiger partial charge >= 0.3 is 0 Å². The van der Waals surface area contributed by atoms with Gasteiger partial charge in [0.2, 0.25) is 0 Å². The molecule has 0 fully saturated rings. The number of nitrogens with one attached hydrogen (secondary N) is 1. The molecule has 2 aromatic heterocycles. The summed E-state index contributed by atoms with van der Waals surface area (Å²) in [7, 11) is 0. The van der Waals surface area contributed by atoms with Gasteiger partial charge in [0.25, 0.3) is 5.91 Å². The smallest absolute Gasteiger partial charge is 0.253 e. The quantitative estimate of drug-likeness (QED) is 0.908. The van der Waals surface area contributed by atoms with Gasteiger partial charge in [-0.05, 0) is 23.4 Å². The number of halogens is 1. The molecule has 0 saturated carbocycles. The molecular weight excluding hydrogens is 294 g/mol. The lowest BCUT2D eigenvalue weighted by Gasteiger charge is -2.21. The van der Waals surface area contributed by atoms with Crippen LogP contribution in [0.25, 0.3) is 0 Å². The van der Waals surface area contributed by atoms with E-state index in [-0.39, 0.29) is 23.7 Å². The Balaban J connectivity index is 2.23. The first kappa shape index (κ1) is 14.8. The van der Waals surface area contributed by atoms with Crippen LogP contribution in [0, 0.1) is 5.92 Å². The third-order valence-electron chi connectivity index (χ3n) is 2.92. The molecule has 2 heterocycles. The van der Waals surface area contributed by atoms with Crippen LogP contribution in [-0.2, 0) is 0 Å². The Morgan fingerprint density at radius 3 is 2.85 bits per heavy atom. The van der Waals surface area contributed by atoms with Crippen LogP contribution < -0.4 is 11.1 Å². The molecule has 0 aliphatic heterocycles. The summed E-state index contributed by atoms with van der Waals surface area (Å²) in [5.74, 6) is 0.309. The maximum Gasteiger partial charge on any atom is 0.253 e. The van der Waals surface area contributed by atoms with E-state index in [4.69, 9.17) is 17.3 Å². The zero-order valence-corrected chi connectivity index (χ0v) is 12.8. The van der Waals surface area contributed by atoms with Gasteiger partial charge in [-0.25, -0.2) is 4.98 Å². The van der Waals surface area contributed by atoms with Crippen molar-refractivity contribution in [1.82, 2.24) is 10.3 Å². The summed E-state index contributed by atoms with van der Waals surface area (Å²) in [6, 6.07) is 5.42. The number of carbonyl (C=O) groups is 1. The maximum absolute atomic E-state index is 12.4. The van der Waals surface area contributed by atoms with E-state index in [1.807, 2.05) is 17.5 Å². The van der Waals surface area contributed by atoms with Crippen molar-refractivity contribution < 1.29 is 4.79 Å². The van der Waals surface area contributed by atoms with Crippen molar-refractivity contribution in [2.24, 2.45) is 5.92 Å². The summed E-state index contributed by atoms with van der Waals surface area (Å²) in [5, 5.41) is 5.30. The SMILES string of the molecule is CC(C)C(NC(=O)c1cc(N)ncc1Cl)c1cccs1. The van der Waals surface area contributed by atoms with E-state index < -0.39 is 0 Å². The van der Waals surface area contributed by atoms with Gasteiger partial charge in [0, 0.05) is 11.1 Å². The molecule has 106 valence electrons. The van der Waals surface area contributed by atoms with E-state index in [0.717, 1.165) is 4.88 Å². The van der Waals surface area contributed by atoms with Crippen molar-refractivity contribution in [2.45, 2.75) is 19.9 Å². The zero-order valence-electron chi connectivity index (χ0n) is 11.3. The number of carbonyl (C=O) groups excluding carboxylic acids is 1. The Kier molecular flexibility index (Phi) is 4.62. The summed E-state index contributed by atoms with van der Waals surface area (Å²) < 4.78 is 0. The van der Waals surface area contributed by atoms with Crippen molar-refractivity contribution in [1.29, 1.82) is 0 Å². The van der Waals surface area contributed by atoms with Gasteiger partial charge < -0.3 is 11.1 Å². The molecule has 1 unspecified atom stereocenters. The molecule has 0 aliphatic rings. The highest BCUT2D eigenvalue weighted by atomic mass is 35.5. The lowest BCUT2D eigenvalue weighted by atomic mass is 10.0. The van der Waals surface area contributed by atoms with Crippen molar-refractivity contribution in [2.75, 3.05) is 5.73 Å². The predicted molar refractivity (Wildman–Crippen MR) is 83.0 cm³/mol. The summed E-state index contributed by atoms with van der Waals surface area (Å²) in [6.07, 6.45) is 1.39. The first-order chi connectivity index (χ1) is 9.49. The number of thiophene rings is 1. The lowest BCUT2D eigenvalue weighted by molar-refractivity contribution is 0.0926. The van der Waals surface area contributed by atoms with E-state index in [9.17, 15) is 4.79 Å². The van der Waals surface area contributed by atoms with Crippen molar-refractivity contribution in [3.05, 3.63) is 45.2 Å². The topological polar surface area (TPSA) is 68.0 Å². The van der Waals surface area contributed by atoms with Crippen molar-refractivity contribution in [3.8, 4) is 0 Å². The second-order valence-electron chi connectivity index (χ2n) is 4.80. The highest BCUT2D eigenvalue weighted by molar-refractivity contribution is 7.10. The minimum Gasteiger partial charge on any atom is -0.384 e. The van der Waals surface area contributed by atoms with E-state index in [1.54, 1.807) is 11.3 Å². The molecule has 0 aliphatic carbocycles. The molecule has 0 aromatic carbocycles. The summed E-state index contributed by atoms with van der Waals surface area (Å²) in [4.78, 5) is 17.3. The van der Waals surface area contributed by atoms with E-state index in [0.29, 0.717) is 10.6 Å². The number of amides is 1. The fourth-order valence-electron chi connectivity index (χ4n) is 1.88. The Bertz CT molecular complexity index is 598. The minimum absolute atomic E-state index is 0.0482. The average molecular weight is 310 g/mol. The van der Waals surface area contributed by atoms with E-state index >= 15 is 0 Å². The Hall–Kier alpha value is -1.59. The summed E-state index contributed by atoms with van der Waals surface area (Å²) in [5.41, 5.74) is 5.95. The molecule has 2 rings (SSSR count). The van der Waals surface area contributed by atoms with Crippen LogP contribution in [0.4, 0.5) is 5.82 Å². The molecule has 0 radical (unpaired) electrons. The van der Waals surface area contributed by atoms with Gasteiger partial charge in [-0.1, -0.05) is 31.5 Å². The van der Waals surface area contributed by atoms with Crippen LogP contribution in [0.15, 0.2) is 29.8 Å². The van der Waals surface area contributed by atoms with Crippen LogP contribution in [0.5, 0.6) is 0 Å². The highest BCUT2D eigenvalue weighted by Crippen LogP contribution is 2.27. The first-order valence-electron chi connectivity index (χ1n) is 6.24. The minimum atomic E-state index is -0.240. The van der Waals surface area contributed by atoms with E-state index in [1.165, 1.54) is 12.3 Å². The number of aromatic nitrogens is 1. The van der Waals surface area contributed by atoms with Gasteiger partial charge in [-0.15, -0.1) is 11.3 Å². The van der Waals surface area contributed by atoms with Crippen molar-refractivity contribution in [3.63, 3.8) is 0 Å². The Labute approximate surface area is 127 Å². The molecule has 0 spiro atoms. The summed E-state index contributed by atoms with van der Waals surface area (Å²) in [6.45, 7) is 4.13. The summed E-state index contributed by atoms with van der Waals surface area (Å²) >= 11 is 7.62. The Morgan fingerprint density at radius 1 is 1.50 bits per heavy atom. The van der Waals surface area contributed by atoms with Crippen LogP contribution >= 0.6 is 22.9 Å². The van der Waals surface area contributed by atoms with Crippen LogP contribution in [0.3, 0.4) is 0 Å². The fraction of sp³-hybridized carbons (Fsp3) is 0.286. The third kappa shape index (κ3) is 3.29. The zero-order chi connectivity index (χ0) is 14.7. The predicted octanol–water partition coefficient (Wildman–Crippen LogP) is 3.51. The number of nitrogens with zero attached hydrogens (tertiary/aromatic N) is 1. The third-order valence-corrected chi connectivity index (χ3v) is 4.18. The fourth-order valence-corrected chi connectivity index (χ4v) is 3.02. The van der Waals surface area contributed by atoms with Gasteiger partial charge in [0.1, 0.15) is 5.82 Å². The molecule has 6 heteroatoms. The largest absolute Gasteiger partial charge is 0.384 e. The molecule has 2 aromatic rings. The van der Waals surface area contributed by atoms with Crippen LogP contribution in [0.2, 0.25) is 5.02 Å². The monoisotopic (exact) mass is 309 g/mol. The molecular formula is C14H16ClN3OS. The molecule has 20 heavy (non-hydrogen) atoms. The highest BCUT2D eigenvalue weighted by Gasteiger charge is 2.21. The number of hydrogen-bond donors (Lipinski definition) is 2. The van der Waals surface area contributed by atoms with E-state index in [2.05, 4.69) is 24.1 Å². The molecule has 3 N–H and O–H groups in total. The average Bonchev–Trinajstić information content (AvgIpc) is 2.91. The van der Waals surface area contributed by atoms with Crippen LogP contribution in [-0.4, -0.2) is 10.9 Å². The number of rotatable bonds is 4. The van der Waals surface area contributed by atoms with Gasteiger partial charge in [-0.2, -0.15) is 0 Å². The number of pyridine rings is 1. The first-order valence-corrected chi connectivity index (χ1v) is 7.50. The second-order valence-corrected chi connectivity index (χ2v) is 6.19. The molecule has 1 amide bonds. The number of nitrogen functional groups attached to an aromatic ring is 1. The van der Waals surface area contributed by atoms with Gasteiger partial charge in [-0.3, -0.25) is 4.79 Å². The molecule has 1 atom stereocenters. The van der Waals surface area contributed by atoms with Gasteiger partial charge in [0.15, 0.2) is 0 Å². The van der Waals surface area contributed by atoms with Gasteiger partial charge in [0.05, 0.1) is 16.6 Å². The van der Waals surface area contributed by atoms with Crippen LogP contribution in [0.1, 0.15) is 35.1 Å². The standard InChI is InChI=1S/C14H16ClN3OS/c1-8(2)13(11-4-3-5-20-11)18-14(19)9-6-12(16)17-7-10(9)15/h3-8,13H,1-2H3,(H2,16,17)(H,18,19). The maximum atomic E-state index is 12.4. The Morgan fingerprint density at radius 2 is 2.25 bits per heavy atom. The number of nitrogens with two attached hydrogens (primary N) is 1. The number of hydrogen-bond acceptors (Lipinski definition) is 4. The molecule has 0 bridgehead atoms. The van der Waals surface area contributed by atoms with Crippen molar-refractivity contribution >= 4 is 34.7 Å². The molecule has 0 saturated heterocycles. The lowest BCUT2D eigenvalue weighted by Crippen LogP contribution is -2.31. The normalized spacial score (nSPS) is 12.4. The second kappa shape index (κ2) is 6.24.